The number of benzene rings is 3. The van der Waals surface area contributed by atoms with Gasteiger partial charge in [-0.1, -0.05) is 30.7 Å². The van der Waals surface area contributed by atoms with Crippen molar-refractivity contribution in [3.8, 4) is 17.2 Å². The topological polar surface area (TPSA) is 559 Å². The molecule has 9 aliphatic rings. The third-order valence-electron chi connectivity index (χ3n) is 20.7. The molecule has 0 spiro atoms. The van der Waals surface area contributed by atoms with Crippen LogP contribution in [0.1, 0.15) is 79.6 Å². The molecular formula is C66H74ClN7O24. The predicted octanol–water partition coefficient (Wildman–Crippen LogP) is -0.721. The first-order valence-electron chi connectivity index (χ1n) is 30.2. The van der Waals surface area contributed by atoms with Crippen molar-refractivity contribution in [3.63, 3.8) is 0 Å². The number of aromatic hydroxyl groups is 3. The summed E-state index contributed by atoms with van der Waals surface area (Å²) in [7, 11) is 12.8. The number of fused-ring (bicyclic) bond motifs is 9. The van der Waals surface area contributed by atoms with E-state index in [0.717, 1.165) is 11.8 Å². The molecule has 524 valence electrons. The van der Waals surface area contributed by atoms with E-state index in [2.05, 4.69) is 0 Å². The lowest BCUT2D eigenvalue weighted by atomic mass is 9.55. The fourth-order valence-corrected chi connectivity index (χ4v) is 16.8. The highest BCUT2D eigenvalue weighted by molar-refractivity contribution is 6.33. The third-order valence-corrected chi connectivity index (χ3v) is 21.0. The van der Waals surface area contributed by atoms with Crippen LogP contribution in [0.3, 0.4) is 0 Å². The van der Waals surface area contributed by atoms with Gasteiger partial charge in [0.1, 0.15) is 68.5 Å². The van der Waals surface area contributed by atoms with Gasteiger partial charge in [-0.25, -0.2) is 0 Å². The Morgan fingerprint density at radius 3 is 1.44 bits per heavy atom. The van der Waals surface area contributed by atoms with Gasteiger partial charge in [0.2, 0.25) is 17.3 Å². The molecule has 15 atom stereocenters. The molecule has 0 saturated heterocycles. The number of phenols is 3. The normalized spacial score (nSPS) is 31.5. The first kappa shape index (κ1) is 72.7. The fourth-order valence-electron chi connectivity index (χ4n) is 16.5. The van der Waals surface area contributed by atoms with Crippen LogP contribution in [0.2, 0.25) is 5.02 Å². The number of primary amides is 3. The lowest BCUT2D eigenvalue weighted by Gasteiger charge is -2.53. The number of ketones is 6. The van der Waals surface area contributed by atoms with Crippen LogP contribution in [-0.2, 0) is 35.2 Å². The van der Waals surface area contributed by atoms with E-state index in [9.17, 15) is 115 Å². The maximum Gasteiger partial charge on any atom is 0.255 e. The number of aliphatic hydroxyl groups excluding tert-OH is 8. The Bertz CT molecular complexity index is 4320. The largest absolute Gasteiger partial charge is 0.510 e. The molecule has 0 saturated carbocycles. The molecule has 31 nitrogen and oxygen atoms in total. The third kappa shape index (κ3) is 9.91. The van der Waals surface area contributed by atoms with Gasteiger partial charge in [-0.15, -0.1) is 0 Å². The number of allylic oxidation sites excluding steroid dienone is 1. The number of nitrogens with two attached hydrogens (primary N) is 3. The van der Waals surface area contributed by atoms with E-state index in [4.69, 9.17) is 28.8 Å². The monoisotopic (exact) mass is 1380 g/mol. The molecule has 98 heavy (non-hydrogen) atoms. The van der Waals surface area contributed by atoms with Crippen LogP contribution < -0.4 is 22.1 Å². The van der Waals surface area contributed by atoms with Gasteiger partial charge >= 0.3 is 0 Å². The molecule has 9 aliphatic carbocycles. The molecule has 0 bridgehead atoms. The van der Waals surface area contributed by atoms with Gasteiger partial charge in [0.25, 0.3) is 17.7 Å². The second kappa shape index (κ2) is 24.8. The number of anilines is 1. The molecule has 0 fully saturated rings. The number of halogens is 1. The van der Waals surface area contributed by atoms with Crippen molar-refractivity contribution >= 4 is 69.7 Å². The zero-order chi connectivity index (χ0) is 72.3. The smallest absolute Gasteiger partial charge is 0.255 e. The van der Waals surface area contributed by atoms with Crippen molar-refractivity contribution in [2.24, 2.45) is 52.7 Å². The van der Waals surface area contributed by atoms with Crippen LogP contribution in [0.5, 0.6) is 17.2 Å². The SMILES string of the molecule is CN(C)[C@@H]1C(O)=C(C(N)=O)C(=O)[C@@]2(O)C(O)=C3C(=O)c4c(O)ccc(Cl)c4[C@@H](O)[C@H]3C[C@@H]12.CN(C)c1ccc(O)c2c1C[C@H]1C[C@H]3[C@H](N(C)C)C(O)=C(C(N)=O)C(=O)[C@@]3(O)C(O)=C1C2=O.C[C@H]1c2cccc(O)c2C(=O)C2=C(O)[C@]3(O)C(=O)C(C(N)=O)=C(O)[C@@H](N(C)C)[C@@H]3[C@@H](O)[C@@H]21.O. The minimum Gasteiger partial charge on any atom is -0.510 e. The number of likely N-dealkylation sites (N-methyl/N-ethyl adjacent to an activating group) is 3. The van der Waals surface area contributed by atoms with Gasteiger partial charge in [0, 0.05) is 70.8 Å². The molecule has 22 N–H and O–H groups in total. The number of Topliss-reactive ketones (excluding diaryl/α,β-unsaturated/α-hetero) is 6. The summed E-state index contributed by atoms with van der Waals surface area (Å²) in [4.78, 5) is 122. The maximum absolute atomic E-state index is 13.5. The van der Waals surface area contributed by atoms with E-state index < -0.39 is 209 Å². The Labute approximate surface area is 561 Å². The van der Waals surface area contributed by atoms with Crippen molar-refractivity contribution in [1.29, 1.82) is 0 Å². The minimum atomic E-state index is -2.89. The summed E-state index contributed by atoms with van der Waals surface area (Å²) < 4.78 is 0. The number of nitrogens with zero attached hydrogens (tertiary/aromatic N) is 4. The quantitative estimate of drug-likeness (QED) is 0.130. The summed E-state index contributed by atoms with van der Waals surface area (Å²) in [5.41, 5.74) is 5.12. The molecule has 0 aliphatic heterocycles. The van der Waals surface area contributed by atoms with E-state index >= 15 is 0 Å². The van der Waals surface area contributed by atoms with E-state index in [1.165, 1.54) is 61.1 Å². The summed E-state index contributed by atoms with van der Waals surface area (Å²) in [5.74, 6) is -23.6. The molecule has 12 rings (SSSR count). The lowest BCUT2D eigenvalue weighted by molar-refractivity contribution is -0.162. The Balaban J connectivity index is 0.000000171. The molecular weight excluding hydrogens is 1310 g/mol. The highest BCUT2D eigenvalue weighted by Gasteiger charge is 2.69. The first-order valence-corrected chi connectivity index (χ1v) is 30.6. The van der Waals surface area contributed by atoms with E-state index in [-0.39, 0.29) is 69.1 Å². The number of hydrogen-bond donors (Lipinski definition) is 17. The van der Waals surface area contributed by atoms with Gasteiger partial charge in [0.05, 0.1) is 52.9 Å². The number of carbonyl (C=O) groups is 9. The molecule has 0 unspecified atom stereocenters. The average Bonchev–Trinajstić information content (AvgIpc) is 0.700. The minimum absolute atomic E-state index is 0. The Kier molecular flexibility index (Phi) is 18.4. The van der Waals surface area contributed by atoms with E-state index in [1.807, 2.05) is 0 Å². The highest BCUT2D eigenvalue weighted by Crippen LogP contribution is 2.59. The van der Waals surface area contributed by atoms with E-state index in [1.54, 1.807) is 58.2 Å². The Morgan fingerprint density at radius 1 is 0.531 bits per heavy atom. The lowest BCUT2D eigenvalue weighted by Crippen LogP contribution is -2.68. The van der Waals surface area contributed by atoms with Gasteiger partial charge in [0.15, 0.2) is 34.2 Å². The molecule has 0 aromatic heterocycles. The molecule has 3 amide bonds. The van der Waals surface area contributed by atoms with Crippen LogP contribution in [0.4, 0.5) is 5.69 Å². The number of phenolic OH excluding ortho intramolecular Hbond substituents is 3. The van der Waals surface area contributed by atoms with Crippen molar-refractivity contribution in [1.82, 2.24) is 14.7 Å². The van der Waals surface area contributed by atoms with Crippen molar-refractivity contribution < 1.29 is 120 Å². The number of amides is 3. The highest BCUT2D eigenvalue weighted by atomic mass is 35.5. The van der Waals surface area contributed by atoms with Crippen molar-refractivity contribution in [2.75, 3.05) is 61.3 Å². The van der Waals surface area contributed by atoms with Gasteiger partial charge in [-0.05, 0) is 115 Å². The van der Waals surface area contributed by atoms with Crippen LogP contribution in [-0.4, -0.2) is 242 Å². The summed E-state index contributed by atoms with van der Waals surface area (Å²) in [6.45, 7) is 1.68. The van der Waals surface area contributed by atoms with Crippen LogP contribution in [0, 0.1) is 35.5 Å². The predicted molar refractivity (Wildman–Crippen MR) is 341 cm³/mol. The second-order valence-electron chi connectivity index (χ2n) is 26.6. The van der Waals surface area contributed by atoms with Crippen LogP contribution >= 0.6 is 11.6 Å². The standard InChI is InChI=1S/C23H27N3O7.C22H24N2O8.C21H21ClN2O8.H2O/c1-25(2)12-5-6-13(27)15-10(12)7-9-8-11-17(26(3)4)19(29)16(22(24)32)21(31)23(11,33)20(30)14(9)18(15)28;1-7-8-5-4-6-9(25)11(8)16(26)12-10(7)17(27)14-15(24(2)3)18(28)13(21(23)31)20(30)22(14,32)19(12)29;1-24(2)14-7-5-6-10(16(27)12-9(25)4-3-8(22)11(12)15(6)26)18(29)21(7,32)19(30)13(17(14)28)20(23)31;/h5-6,9,11,17,27,29-30,33H,7-8H2,1-4H3,(H2,24,32);4-7,10,14-15,17,25,27-29,32H,1-3H3,(H2,23,31);3-4,6-7,14-15,25-26,28-29,32H,5H2,1-2H3,(H2,23,31);1H2/t9-,11-,17-,23-;7-,10+,14+,15-,17-,22-;6-,7-,14-,15-,21-;/m000./s1. The Hall–Kier alpha value is -9.54. The summed E-state index contributed by atoms with van der Waals surface area (Å²) in [6, 6.07) is 6.53. The summed E-state index contributed by atoms with van der Waals surface area (Å²) in [6.07, 6.45) is -2.97. The average molecular weight is 1380 g/mol. The number of rotatable bonds is 7. The number of hydrogen-bond acceptors (Lipinski definition) is 27. The zero-order valence-electron chi connectivity index (χ0n) is 53.9. The molecule has 3 aromatic rings. The number of aliphatic hydroxyl groups is 11. The van der Waals surface area contributed by atoms with Crippen molar-refractivity contribution in [2.45, 2.75) is 79.2 Å². The van der Waals surface area contributed by atoms with Crippen LogP contribution in [0.15, 0.2) is 110 Å². The van der Waals surface area contributed by atoms with E-state index in [0.29, 0.717) is 11.1 Å². The number of carbonyl (C=O) groups excluding carboxylic acids is 9. The van der Waals surface area contributed by atoms with Gasteiger partial charge in [-0.3, -0.25) is 57.9 Å². The summed E-state index contributed by atoms with van der Waals surface area (Å²) in [5, 5.41) is 153. The molecule has 3 aromatic carbocycles. The molecule has 0 heterocycles. The molecule has 32 heteroatoms. The maximum atomic E-state index is 13.5. The van der Waals surface area contributed by atoms with Crippen molar-refractivity contribution in [3.05, 3.63) is 149 Å². The molecule has 0 radical (unpaired) electrons. The fraction of sp³-hybridized carbons (Fsp3) is 0.409. The van der Waals surface area contributed by atoms with Gasteiger partial charge in [-0.2, -0.15) is 0 Å². The Morgan fingerprint density at radius 2 is 0.949 bits per heavy atom. The zero-order valence-corrected chi connectivity index (χ0v) is 54.7. The summed E-state index contributed by atoms with van der Waals surface area (Å²) >= 11 is 6.17. The van der Waals surface area contributed by atoms with Gasteiger partial charge < -0.3 is 99.1 Å². The first-order chi connectivity index (χ1) is 45.0. The second-order valence-corrected chi connectivity index (χ2v) is 27.0. The van der Waals surface area contributed by atoms with Crippen LogP contribution in [0.25, 0.3) is 0 Å².